The van der Waals surface area contributed by atoms with E-state index in [0.717, 1.165) is 39.2 Å². The molecule has 0 bridgehead atoms. The molecule has 1 saturated heterocycles. The number of carbonyl (C=O) groups is 1. The van der Waals surface area contributed by atoms with Gasteiger partial charge in [0.05, 0.1) is 18.8 Å². The molecule has 2 atom stereocenters. The summed E-state index contributed by atoms with van der Waals surface area (Å²) < 4.78 is 5.73. The largest absolute Gasteiger partial charge is 0.374 e. The molecule has 0 saturated carbocycles. The molecular weight excluding hydrogens is 242 g/mol. The van der Waals surface area contributed by atoms with E-state index in [1.165, 1.54) is 0 Å². The van der Waals surface area contributed by atoms with Crippen LogP contribution in [-0.2, 0) is 9.53 Å². The molecule has 0 spiro atoms. The number of ether oxygens (including phenoxy) is 1. The molecular formula is C14H29N3O2. The summed E-state index contributed by atoms with van der Waals surface area (Å²) in [6.07, 6.45) is 1.14. The van der Waals surface area contributed by atoms with Crippen LogP contribution in [0.15, 0.2) is 0 Å². The predicted octanol–water partition coefficient (Wildman–Crippen LogP) is 0.600. The fraction of sp³-hybridized carbons (Fsp3) is 0.929. The predicted molar refractivity (Wildman–Crippen MR) is 77.2 cm³/mol. The zero-order valence-electron chi connectivity index (χ0n) is 12.7. The number of amides is 1. The van der Waals surface area contributed by atoms with E-state index in [1.54, 1.807) is 0 Å². The normalized spacial score (nSPS) is 22.5. The van der Waals surface area contributed by atoms with Crippen LogP contribution >= 0.6 is 0 Å². The Morgan fingerprint density at radius 1 is 1.42 bits per heavy atom. The molecule has 0 aromatic heterocycles. The number of morpholine rings is 1. The minimum absolute atomic E-state index is 0.0679. The topological polar surface area (TPSA) is 53.6 Å². The van der Waals surface area contributed by atoms with E-state index < -0.39 is 0 Å². The molecule has 112 valence electrons. The molecule has 0 aromatic carbocycles. The fourth-order valence-corrected chi connectivity index (χ4v) is 2.14. The maximum atomic E-state index is 11.7. The van der Waals surface area contributed by atoms with Crippen LogP contribution in [0.25, 0.3) is 0 Å². The van der Waals surface area contributed by atoms with Crippen LogP contribution in [-0.4, -0.2) is 61.8 Å². The Bertz CT molecular complexity index is 271. The summed E-state index contributed by atoms with van der Waals surface area (Å²) in [5, 5.41) is 6.15. The second kappa shape index (κ2) is 8.51. The van der Waals surface area contributed by atoms with Gasteiger partial charge in [0.15, 0.2) is 0 Å². The van der Waals surface area contributed by atoms with E-state index in [1.807, 2.05) is 6.92 Å². The summed E-state index contributed by atoms with van der Waals surface area (Å²) in [4.78, 5) is 14.1. The zero-order chi connectivity index (χ0) is 14.3. The standard InChI is InChI=1S/C14H29N3O2/c1-5-6-15-14(18)12(4)16-9-13-10-17(11(2)3)7-8-19-13/h11-13,16H,5-10H2,1-4H3,(H,15,18). The molecule has 19 heavy (non-hydrogen) atoms. The van der Waals surface area contributed by atoms with E-state index in [9.17, 15) is 4.79 Å². The second-order valence-corrected chi connectivity index (χ2v) is 5.50. The third kappa shape index (κ3) is 5.89. The average Bonchev–Trinajstić information content (AvgIpc) is 2.42. The van der Waals surface area contributed by atoms with Crippen molar-refractivity contribution in [2.45, 2.75) is 52.3 Å². The first kappa shape index (κ1) is 16.4. The van der Waals surface area contributed by atoms with Crippen LogP contribution in [0.5, 0.6) is 0 Å². The van der Waals surface area contributed by atoms with Crippen molar-refractivity contribution in [1.82, 2.24) is 15.5 Å². The summed E-state index contributed by atoms with van der Waals surface area (Å²) in [6.45, 7) is 12.5. The first-order valence-corrected chi connectivity index (χ1v) is 7.41. The van der Waals surface area contributed by atoms with Gasteiger partial charge in [0.1, 0.15) is 0 Å². The van der Waals surface area contributed by atoms with Crippen LogP contribution in [0, 0.1) is 0 Å². The van der Waals surface area contributed by atoms with Crippen LogP contribution in [0.3, 0.4) is 0 Å². The van der Waals surface area contributed by atoms with Gasteiger partial charge in [-0.2, -0.15) is 0 Å². The van der Waals surface area contributed by atoms with Gasteiger partial charge in [-0.3, -0.25) is 9.69 Å². The van der Waals surface area contributed by atoms with Crippen molar-refractivity contribution in [2.24, 2.45) is 0 Å². The molecule has 2 unspecified atom stereocenters. The first-order valence-electron chi connectivity index (χ1n) is 7.41. The summed E-state index contributed by atoms with van der Waals surface area (Å²) >= 11 is 0. The van der Waals surface area contributed by atoms with Gasteiger partial charge in [0.2, 0.25) is 5.91 Å². The molecule has 2 N–H and O–H groups in total. The first-order chi connectivity index (χ1) is 9.04. The van der Waals surface area contributed by atoms with E-state index in [-0.39, 0.29) is 18.1 Å². The molecule has 1 fully saturated rings. The minimum Gasteiger partial charge on any atom is -0.374 e. The lowest BCUT2D eigenvalue weighted by Gasteiger charge is -2.35. The van der Waals surface area contributed by atoms with Crippen molar-refractivity contribution in [2.75, 3.05) is 32.8 Å². The number of hydrogen-bond acceptors (Lipinski definition) is 4. The molecule has 5 nitrogen and oxygen atoms in total. The van der Waals surface area contributed by atoms with Gasteiger partial charge in [-0.25, -0.2) is 0 Å². The van der Waals surface area contributed by atoms with Gasteiger partial charge < -0.3 is 15.4 Å². The number of hydrogen-bond donors (Lipinski definition) is 2. The number of nitrogens with zero attached hydrogens (tertiary/aromatic N) is 1. The van der Waals surface area contributed by atoms with Crippen LogP contribution in [0.4, 0.5) is 0 Å². The molecule has 1 rings (SSSR count). The maximum absolute atomic E-state index is 11.7. The lowest BCUT2D eigenvalue weighted by atomic mass is 10.2. The van der Waals surface area contributed by atoms with Gasteiger partial charge in [-0.1, -0.05) is 6.92 Å². The summed E-state index contributed by atoms with van der Waals surface area (Å²) in [5.41, 5.74) is 0. The molecule has 1 aliphatic heterocycles. The quantitative estimate of drug-likeness (QED) is 0.712. The zero-order valence-corrected chi connectivity index (χ0v) is 12.7. The third-order valence-corrected chi connectivity index (χ3v) is 3.49. The summed E-state index contributed by atoms with van der Waals surface area (Å²) in [7, 11) is 0. The summed E-state index contributed by atoms with van der Waals surface area (Å²) in [5.74, 6) is 0.0679. The highest BCUT2D eigenvalue weighted by Crippen LogP contribution is 2.08. The van der Waals surface area contributed by atoms with Crippen molar-refractivity contribution in [3.8, 4) is 0 Å². The SMILES string of the molecule is CCCNC(=O)C(C)NCC1CN(C(C)C)CCO1. The highest BCUT2D eigenvalue weighted by atomic mass is 16.5. The Labute approximate surface area is 117 Å². The highest BCUT2D eigenvalue weighted by molar-refractivity contribution is 5.81. The van der Waals surface area contributed by atoms with Gasteiger partial charge in [0, 0.05) is 32.2 Å². The lowest BCUT2D eigenvalue weighted by molar-refractivity contribution is -0.123. The van der Waals surface area contributed by atoms with E-state index in [0.29, 0.717) is 6.04 Å². The van der Waals surface area contributed by atoms with Crippen LogP contribution in [0.1, 0.15) is 34.1 Å². The van der Waals surface area contributed by atoms with Crippen molar-refractivity contribution in [3.63, 3.8) is 0 Å². The molecule has 0 aromatic rings. The van der Waals surface area contributed by atoms with E-state index >= 15 is 0 Å². The number of rotatable bonds is 7. The Morgan fingerprint density at radius 2 is 2.16 bits per heavy atom. The minimum atomic E-state index is -0.162. The second-order valence-electron chi connectivity index (χ2n) is 5.50. The van der Waals surface area contributed by atoms with E-state index in [4.69, 9.17) is 4.74 Å². The van der Waals surface area contributed by atoms with Crippen molar-refractivity contribution in [1.29, 1.82) is 0 Å². The maximum Gasteiger partial charge on any atom is 0.236 e. The lowest BCUT2D eigenvalue weighted by Crippen LogP contribution is -2.51. The van der Waals surface area contributed by atoms with Crippen molar-refractivity contribution >= 4 is 5.91 Å². The van der Waals surface area contributed by atoms with Crippen molar-refractivity contribution in [3.05, 3.63) is 0 Å². The van der Waals surface area contributed by atoms with Crippen LogP contribution in [0.2, 0.25) is 0 Å². The fourth-order valence-electron chi connectivity index (χ4n) is 2.14. The Hall–Kier alpha value is -0.650. The smallest absolute Gasteiger partial charge is 0.236 e. The van der Waals surface area contributed by atoms with Crippen molar-refractivity contribution < 1.29 is 9.53 Å². The van der Waals surface area contributed by atoms with Gasteiger partial charge in [-0.15, -0.1) is 0 Å². The Balaban J connectivity index is 2.25. The molecule has 5 heteroatoms. The third-order valence-electron chi connectivity index (χ3n) is 3.49. The van der Waals surface area contributed by atoms with Gasteiger partial charge >= 0.3 is 0 Å². The number of carbonyl (C=O) groups excluding carboxylic acids is 1. The molecule has 1 amide bonds. The molecule has 1 heterocycles. The van der Waals surface area contributed by atoms with E-state index in [2.05, 4.69) is 36.3 Å². The van der Waals surface area contributed by atoms with Crippen LogP contribution < -0.4 is 10.6 Å². The monoisotopic (exact) mass is 271 g/mol. The molecule has 1 aliphatic rings. The van der Waals surface area contributed by atoms with Gasteiger partial charge in [0.25, 0.3) is 0 Å². The summed E-state index contributed by atoms with van der Waals surface area (Å²) in [6, 6.07) is 0.390. The average molecular weight is 271 g/mol. The Kier molecular flexibility index (Phi) is 7.34. The molecule has 0 aliphatic carbocycles. The number of nitrogens with one attached hydrogen (secondary N) is 2. The highest BCUT2D eigenvalue weighted by Gasteiger charge is 2.23. The Morgan fingerprint density at radius 3 is 2.79 bits per heavy atom. The molecule has 0 radical (unpaired) electrons. The van der Waals surface area contributed by atoms with Gasteiger partial charge in [-0.05, 0) is 27.2 Å².